The Morgan fingerprint density at radius 1 is 1.35 bits per heavy atom. The predicted octanol–water partition coefficient (Wildman–Crippen LogP) is 1.77. The van der Waals surface area contributed by atoms with Gasteiger partial charge in [-0.2, -0.15) is 0 Å². The standard InChI is InChI=1S/C13H13FN4O2/c1-20-8-2-3-10(14)12(6-8)17-13(19)9-7-16-5-4-11(9)18-15/h2-7H,15H2,1H3,(H,16,18)(H,17,19). The fourth-order valence-corrected chi connectivity index (χ4v) is 1.62. The molecule has 1 aromatic heterocycles. The molecule has 0 spiro atoms. The number of rotatable bonds is 4. The van der Waals surface area contributed by atoms with E-state index in [1.54, 1.807) is 0 Å². The minimum absolute atomic E-state index is 0.0150. The Balaban J connectivity index is 2.27. The zero-order valence-corrected chi connectivity index (χ0v) is 10.7. The summed E-state index contributed by atoms with van der Waals surface area (Å²) in [5.74, 6) is 4.65. The van der Waals surface area contributed by atoms with E-state index in [0.717, 1.165) is 0 Å². The van der Waals surface area contributed by atoms with Crippen molar-refractivity contribution in [2.24, 2.45) is 5.84 Å². The summed E-state index contributed by atoms with van der Waals surface area (Å²) in [7, 11) is 1.45. The number of nitrogens with two attached hydrogens (primary N) is 1. The van der Waals surface area contributed by atoms with Crippen molar-refractivity contribution in [1.29, 1.82) is 0 Å². The van der Waals surface area contributed by atoms with Crippen LogP contribution in [0.5, 0.6) is 5.75 Å². The Kier molecular flexibility index (Phi) is 4.11. The van der Waals surface area contributed by atoms with Crippen molar-refractivity contribution in [3.63, 3.8) is 0 Å². The number of pyridine rings is 1. The van der Waals surface area contributed by atoms with E-state index < -0.39 is 11.7 Å². The number of hydrogen-bond donors (Lipinski definition) is 3. The zero-order chi connectivity index (χ0) is 14.5. The lowest BCUT2D eigenvalue weighted by molar-refractivity contribution is 0.102. The van der Waals surface area contributed by atoms with Crippen molar-refractivity contribution in [1.82, 2.24) is 4.98 Å². The molecule has 1 amide bonds. The van der Waals surface area contributed by atoms with Crippen LogP contribution in [0.15, 0.2) is 36.7 Å². The van der Waals surface area contributed by atoms with Gasteiger partial charge < -0.3 is 15.5 Å². The summed E-state index contributed by atoms with van der Waals surface area (Å²) < 4.78 is 18.6. The van der Waals surface area contributed by atoms with Gasteiger partial charge in [-0.05, 0) is 18.2 Å². The smallest absolute Gasteiger partial charge is 0.259 e. The number of ether oxygens (including phenoxy) is 1. The maximum absolute atomic E-state index is 13.6. The van der Waals surface area contributed by atoms with Crippen LogP contribution in [-0.2, 0) is 0 Å². The zero-order valence-electron chi connectivity index (χ0n) is 10.7. The maximum Gasteiger partial charge on any atom is 0.259 e. The average molecular weight is 276 g/mol. The van der Waals surface area contributed by atoms with Crippen molar-refractivity contribution in [3.05, 3.63) is 48.0 Å². The van der Waals surface area contributed by atoms with E-state index in [9.17, 15) is 9.18 Å². The van der Waals surface area contributed by atoms with E-state index in [1.165, 1.54) is 43.8 Å². The molecule has 0 unspecified atom stereocenters. The number of anilines is 2. The number of nitrogens with one attached hydrogen (secondary N) is 2. The highest BCUT2D eigenvalue weighted by molar-refractivity contribution is 6.07. The first kappa shape index (κ1) is 13.8. The van der Waals surface area contributed by atoms with Gasteiger partial charge in [0.1, 0.15) is 11.6 Å². The molecule has 0 fully saturated rings. The number of nitrogens with zero attached hydrogens (tertiary/aromatic N) is 1. The fourth-order valence-electron chi connectivity index (χ4n) is 1.62. The summed E-state index contributed by atoms with van der Waals surface area (Å²) in [5.41, 5.74) is 2.99. The van der Waals surface area contributed by atoms with Crippen LogP contribution in [-0.4, -0.2) is 18.0 Å². The van der Waals surface area contributed by atoms with Gasteiger partial charge in [0.05, 0.1) is 24.0 Å². The van der Waals surface area contributed by atoms with Crippen LogP contribution >= 0.6 is 0 Å². The third-order valence-electron chi connectivity index (χ3n) is 2.64. The second-order valence-electron chi connectivity index (χ2n) is 3.87. The van der Waals surface area contributed by atoms with Crippen molar-refractivity contribution in [2.45, 2.75) is 0 Å². The number of carbonyl (C=O) groups excluding carboxylic acids is 1. The molecule has 0 atom stereocenters. The molecule has 1 heterocycles. The lowest BCUT2D eigenvalue weighted by Gasteiger charge is -2.10. The molecular formula is C13H13FN4O2. The van der Waals surface area contributed by atoms with E-state index >= 15 is 0 Å². The molecular weight excluding hydrogens is 263 g/mol. The minimum Gasteiger partial charge on any atom is -0.497 e. The predicted molar refractivity (Wildman–Crippen MR) is 73.0 cm³/mol. The Morgan fingerprint density at radius 2 is 2.15 bits per heavy atom. The Labute approximate surface area is 114 Å². The molecule has 20 heavy (non-hydrogen) atoms. The van der Waals surface area contributed by atoms with Crippen molar-refractivity contribution < 1.29 is 13.9 Å². The molecule has 104 valence electrons. The topological polar surface area (TPSA) is 89.3 Å². The molecule has 0 saturated heterocycles. The van der Waals surface area contributed by atoms with Gasteiger partial charge in [-0.3, -0.25) is 15.6 Å². The second-order valence-corrected chi connectivity index (χ2v) is 3.87. The molecule has 2 rings (SSSR count). The first-order valence-electron chi connectivity index (χ1n) is 5.71. The Bertz CT molecular complexity index is 634. The van der Waals surface area contributed by atoms with E-state index in [4.69, 9.17) is 10.6 Å². The largest absolute Gasteiger partial charge is 0.497 e. The van der Waals surface area contributed by atoms with Gasteiger partial charge >= 0.3 is 0 Å². The molecule has 7 heteroatoms. The fraction of sp³-hybridized carbons (Fsp3) is 0.0769. The van der Waals surface area contributed by atoms with Crippen molar-refractivity contribution in [3.8, 4) is 5.75 Å². The third-order valence-corrected chi connectivity index (χ3v) is 2.64. The highest BCUT2D eigenvalue weighted by Gasteiger charge is 2.13. The van der Waals surface area contributed by atoms with Gasteiger partial charge in [0, 0.05) is 18.5 Å². The highest BCUT2D eigenvalue weighted by Crippen LogP contribution is 2.22. The number of amides is 1. The number of hydrogen-bond acceptors (Lipinski definition) is 5. The van der Waals surface area contributed by atoms with Crippen LogP contribution in [0.3, 0.4) is 0 Å². The molecule has 0 radical (unpaired) electrons. The SMILES string of the molecule is COc1ccc(F)c(NC(=O)c2cnccc2NN)c1. The van der Waals surface area contributed by atoms with Gasteiger partial charge in [-0.15, -0.1) is 0 Å². The lowest BCUT2D eigenvalue weighted by atomic mass is 10.2. The normalized spacial score (nSPS) is 9.95. The molecule has 0 aliphatic carbocycles. The summed E-state index contributed by atoms with van der Waals surface area (Å²) >= 11 is 0. The average Bonchev–Trinajstić information content (AvgIpc) is 2.49. The summed E-state index contributed by atoms with van der Waals surface area (Å²) in [6.07, 6.45) is 2.82. The number of benzene rings is 1. The number of methoxy groups -OCH3 is 1. The summed E-state index contributed by atoms with van der Waals surface area (Å²) in [5, 5.41) is 2.45. The van der Waals surface area contributed by atoms with E-state index in [0.29, 0.717) is 11.4 Å². The van der Waals surface area contributed by atoms with Gasteiger partial charge in [0.15, 0.2) is 0 Å². The van der Waals surface area contributed by atoms with Gasteiger partial charge in [-0.25, -0.2) is 4.39 Å². The highest BCUT2D eigenvalue weighted by atomic mass is 19.1. The van der Waals surface area contributed by atoms with E-state index in [1.807, 2.05) is 0 Å². The van der Waals surface area contributed by atoms with Crippen LogP contribution in [0.1, 0.15) is 10.4 Å². The number of carbonyl (C=O) groups is 1. The Hall–Kier alpha value is -2.67. The number of aromatic nitrogens is 1. The molecule has 4 N–H and O–H groups in total. The van der Waals surface area contributed by atoms with Crippen molar-refractivity contribution in [2.75, 3.05) is 17.9 Å². The molecule has 1 aromatic carbocycles. The molecule has 0 saturated carbocycles. The lowest BCUT2D eigenvalue weighted by Crippen LogP contribution is -2.18. The molecule has 0 aliphatic rings. The Morgan fingerprint density at radius 3 is 2.85 bits per heavy atom. The minimum atomic E-state index is -0.565. The van der Waals surface area contributed by atoms with Crippen LogP contribution in [0.2, 0.25) is 0 Å². The second kappa shape index (κ2) is 5.98. The maximum atomic E-state index is 13.6. The summed E-state index contributed by atoms with van der Waals surface area (Å²) in [6.45, 7) is 0. The van der Waals surface area contributed by atoms with E-state index in [2.05, 4.69) is 15.7 Å². The number of hydrazine groups is 1. The van der Waals surface area contributed by atoms with E-state index in [-0.39, 0.29) is 11.3 Å². The van der Waals surface area contributed by atoms with Crippen LogP contribution in [0.25, 0.3) is 0 Å². The third kappa shape index (κ3) is 2.83. The van der Waals surface area contributed by atoms with Gasteiger partial charge in [0.2, 0.25) is 0 Å². The first-order valence-corrected chi connectivity index (χ1v) is 5.71. The number of nitrogen functional groups attached to an aromatic ring is 1. The molecule has 0 aliphatic heterocycles. The van der Waals surface area contributed by atoms with Gasteiger partial charge in [-0.1, -0.05) is 0 Å². The first-order chi connectivity index (χ1) is 9.65. The molecule has 6 nitrogen and oxygen atoms in total. The molecule has 2 aromatic rings. The van der Waals surface area contributed by atoms with Crippen LogP contribution in [0.4, 0.5) is 15.8 Å². The van der Waals surface area contributed by atoms with Gasteiger partial charge in [0.25, 0.3) is 5.91 Å². The monoisotopic (exact) mass is 276 g/mol. The van der Waals surface area contributed by atoms with Crippen LogP contribution < -0.4 is 21.3 Å². The summed E-state index contributed by atoms with van der Waals surface area (Å²) in [6, 6.07) is 5.59. The summed E-state index contributed by atoms with van der Waals surface area (Å²) in [4.78, 5) is 15.9. The number of halogens is 1. The quantitative estimate of drug-likeness (QED) is 0.585. The van der Waals surface area contributed by atoms with Crippen molar-refractivity contribution >= 4 is 17.3 Å². The van der Waals surface area contributed by atoms with Crippen LogP contribution in [0, 0.1) is 5.82 Å². The molecule has 0 bridgehead atoms.